The van der Waals surface area contributed by atoms with E-state index in [9.17, 15) is 4.79 Å². The third kappa shape index (κ3) is 3.71. The lowest BCUT2D eigenvalue weighted by Gasteiger charge is -2.52. The summed E-state index contributed by atoms with van der Waals surface area (Å²) in [6.45, 7) is 4.74. The van der Waals surface area contributed by atoms with Crippen molar-refractivity contribution < 1.29 is 9.53 Å². The number of carbonyl (C=O) groups excluding carboxylic acids is 1. The average Bonchev–Trinajstić information content (AvgIpc) is 2.44. The molecule has 0 aromatic carbocycles. The molecule has 0 unspecified atom stereocenters. The van der Waals surface area contributed by atoms with Crippen molar-refractivity contribution in [3.05, 3.63) is 0 Å². The molecule has 1 spiro atoms. The normalized spacial score (nSPS) is 23.2. The van der Waals surface area contributed by atoms with Gasteiger partial charge in [0.25, 0.3) is 0 Å². The number of amides is 1. The molecule has 1 saturated heterocycles. The Morgan fingerprint density at radius 1 is 1.25 bits per heavy atom. The van der Waals surface area contributed by atoms with Gasteiger partial charge < -0.3 is 19.9 Å². The summed E-state index contributed by atoms with van der Waals surface area (Å²) in [5.41, 5.74) is 0.102. The quantitative estimate of drug-likeness (QED) is 0.755. The molecule has 0 bridgehead atoms. The first-order chi connectivity index (χ1) is 9.68. The van der Waals surface area contributed by atoms with E-state index in [0.717, 1.165) is 26.2 Å². The summed E-state index contributed by atoms with van der Waals surface area (Å²) in [6, 6.07) is 0. The zero-order valence-corrected chi connectivity index (χ0v) is 13.0. The van der Waals surface area contributed by atoms with Gasteiger partial charge in [-0.05, 0) is 19.9 Å². The Kier molecular flexibility index (Phi) is 5.81. The van der Waals surface area contributed by atoms with Crippen molar-refractivity contribution in [1.82, 2.24) is 15.1 Å². The predicted molar refractivity (Wildman–Crippen MR) is 79.8 cm³/mol. The van der Waals surface area contributed by atoms with E-state index in [-0.39, 0.29) is 11.4 Å². The lowest BCUT2D eigenvalue weighted by molar-refractivity contribution is -0.143. The smallest absolute Gasteiger partial charge is 0.237 e. The number of hydrogen-bond acceptors (Lipinski definition) is 4. The predicted octanol–water partition coefficient (Wildman–Crippen LogP) is 0.699. The van der Waals surface area contributed by atoms with Gasteiger partial charge in [0, 0.05) is 33.3 Å². The molecule has 2 fully saturated rings. The first kappa shape index (κ1) is 15.7. The minimum Gasteiger partial charge on any atom is -0.383 e. The molecule has 2 aliphatic rings. The molecule has 0 radical (unpaired) electrons. The summed E-state index contributed by atoms with van der Waals surface area (Å²) in [5, 5.41) is 3.19. The van der Waals surface area contributed by atoms with E-state index in [1.54, 1.807) is 7.11 Å². The average molecular weight is 283 g/mol. The number of likely N-dealkylation sites (N-methyl/N-ethyl adjacent to an activating group) is 1. The molecule has 5 nitrogen and oxygen atoms in total. The van der Waals surface area contributed by atoms with Crippen LogP contribution >= 0.6 is 0 Å². The lowest BCUT2D eigenvalue weighted by atomic mass is 9.78. The highest BCUT2D eigenvalue weighted by atomic mass is 16.5. The maximum atomic E-state index is 12.5. The molecule has 1 N–H and O–H groups in total. The summed E-state index contributed by atoms with van der Waals surface area (Å²) in [7, 11) is 3.86. The fraction of sp³-hybridized carbons (Fsp3) is 0.933. The number of nitrogens with one attached hydrogen (secondary N) is 1. The molecule has 5 heteroatoms. The highest BCUT2D eigenvalue weighted by molar-refractivity contribution is 5.79. The number of nitrogens with zero attached hydrogens (tertiary/aromatic N) is 2. The van der Waals surface area contributed by atoms with Gasteiger partial charge in [-0.15, -0.1) is 0 Å². The van der Waals surface area contributed by atoms with Crippen LogP contribution in [0.3, 0.4) is 0 Å². The summed E-state index contributed by atoms with van der Waals surface area (Å²) in [6.07, 6.45) is 6.17. The number of ether oxygens (including phenoxy) is 1. The molecule has 0 aromatic rings. The van der Waals surface area contributed by atoms with E-state index in [0.29, 0.717) is 13.2 Å². The van der Waals surface area contributed by atoms with Crippen molar-refractivity contribution in [2.24, 2.45) is 0 Å². The third-order valence-electron chi connectivity index (χ3n) is 4.69. The molecule has 2 rings (SSSR count). The van der Waals surface area contributed by atoms with Crippen molar-refractivity contribution >= 4 is 5.91 Å². The van der Waals surface area contributed by atoms with Gasteiger partial charge in [0.2, 0.25) is 5.91 Å². The molecule has 116 valence electrons. The highest BCUT2D eigenvalue weighted by Gasteiger charge is 2.43. The van der Waals surface area contributed by atoms with Gasteiger partial charge in [0.05, 0.1) is 18.7 Å². The largest absolute Gasteiger partial charge is 0.383 e. The van der Waals surface area contributed by atoms with Crippen molar-refractivity contribution in [2.45, 2.75) is 37.6 Å². The molecule has 20 heavy (non-hydrogen) atoms. The molecule has 0 atom stereocenters. The van der Waals surface area contributed by atoms with Gasteiger partial charge >= 0.3 is 0 Å². The van der Waals surface area contributed by atoms with Crippen LogP contribution in [0.1, 0.15) is 32.1 Å². The highest BCUT2D eigenvalue weighted by Crippen LogP contribution is 2.36. The van der Waals surface area contributed by atoms with Gasteiger partial charge in [0.15, 0.2) is 0 Å². The maximum absolute atomic E-state index is 12.5. The van der Waals surface area contributed by atoms with E-state index in [1.165, 1.54) is 32.1 Å². The number of hydrogen-bond donors (Lipinski definition) is 1. The Balaban J connectivity index is 1.94. The summed E-state index contributed by atoms with van der Waals surface area (Å²) < 4.78 is 5.00. The van der Waals surface area contributed by atoms with Crippen LogP contribution in [0.2, 0.25) is 0 Å². The number of carbonyl (C=O) groups is 1. The summed E-state index contributed by atoms with van der Waals surface area (Å²) >= 11 is 0. The Bertz CT molecular complexity index is 316. The topological polar surface area (TPSA) is 44.8 Å². The van der Waals surface area contributed by atoms with E-state index < -0.39 is 0 Å². The summed E-state index contributed by atoms with van der Waals surface area (Å²) in [4.78, 5) is 17.1. The molecule has 0 aromatic heterocycles. The van der Waals surface area contributed by atoms with Gasteiger partial charge in [-0.1, -0.05) is 19.3 Å². The fourth-order valence-corrected chi connectivity index (χ4v) is 3.67. The van der Waals surface area contributed by atoms with Crippen LogP contribution in [0.15, 0.2) is 0 Å². The van der Waals surface area contributed by atoms with Crippen LogP contribution in [0, 0.1) is 0 Å². The monoisotopic (exact) mass is 283 g/mol. The van der Waals surface area contributed by atoms with Crippen LogP contribution in [-0.4, -0.2) is 74.7 Å². The van der Waals surface area contributed by atoms with Crippen LogP contribution in [0.25, 0.3) is 0 Å². The van der Waals surface area contributed by atoms with Crippen LogP contribution in [-0.2, 0) is 9.53 Å². The van der Waals surface area contributed by atoms with E-state index in [4.69, 9.17) is 4.74 Å². The third-order valence-corrected chi connectivity index (χ3v) is 4.69. The van der Waals surface area contributed by atoms with E-state index in [1.807, 2.05) is 0 Å². The fourth-order valence-electron chi connectivity index (χ4n) is 3.67. The van der Waals surface area contributed by atoms with Crippen LogP contribution < -0.4 is 5.32 Å². The Morgan fingerprint density at radius 2 is 2.00 bits per heavy atom. The SMILES string of the molecule is COCCNCC(=O)N1CCN(C)CC12CCCCC2. The minimum atomic E-state index is 0.102. The Labute approximate surface area is 122 Å². The zero-order valence-electron chi connectivity index (χ0n) is 13.0. The Morgan fingerprint density at radius 3 is 2.70 bits per heavy atom. The van der Waals surface area contributed by atoms with Crippen molar-refractivity contribution in [1.29, 1.82) is 0 Å². The maximum Gasteiger partial charge on any atom is 0.237 e. The molecular weight excluding hydrogens is 254 g/mol. The second-order valence-electron chi connectivity index (χ2n) is 6.24. The van der Waals surface area contributed by atoms with Crippen molar-refractivity contribution in [3.8, 4) is 0 Å². The van der Waals surface area contributed by atoms with Crippen molar-refractivity contribution in [2.75, 3.05) is 53.5 Å². The molecular formula is C15H29N3O2. The zero-order chi connectivity index (χ0) is 14.4. The van der Waals surface area contributed by atoms with Gasteiger partial charge in [0.1, 0.15) is 0 Å². The van der Waals surface area contributed by atoms with Crippen molar-refractivity contribution in [3.63, 3.8) is 0 Å². The second kappa shape index (κ2) is 7.38. The molecule has 1 heterocycles. The molecule has 1 aliphatic carbocycles. The molecule has 1 amide bonds. The standard InChI is InChI=1S/C15H29N3O2/c1-17-9-10-18(14(19)12-16-8-11-20-2)15(13-17)6-4-3-5-7-15/h16H,3-13H2,1-2H3. The van der Waals surface area contributed by atoms with Crippen LogP contribution in [0.4, 0.5) is 0 Å². The van der Waals surface area contributed by atoms with E-state index >= 15 is 0 Å². The van der Waals surface area contributed by atoms with E-state index in [2.05, 4.69) is 22.2 Å². The molecule has 1 aliphatic heterocycles. The number of rotatable bonds is 5. The Hall–Kier alpha value is -0.650. The van der Waals surface area contributed by atoms with Crippen LogP contribution in [0.5, 0.6) is 0 Å². The molecule has 1 saturated carbocycles. The van der Waals surface area contributed by atoms with Gasteiger partial charge in [-0.2, -0.15) is 0 Å². The first-order valence-electron chi connectivity index (χ1n) is 7.87. The summed E-state index contributed by atoms with van der Waals surface area (Å²) in [5.74, 6) is 0.260. The number of piperazine rings is 1. The second-order valence-corrected chi connectivity index (χ2v) is 6.24. The lowest BCUT2D eigenvalue weighted by Crippen LogP contribution is -2.64. The van der Waals surface area contributed by atoms with Gasteiger partial charge in [-0.3, -0.25) is 4.79 Å². The minimum absolute atomic E-state index is 0.102. The first-order valence-corrected chi connectivity index (χ1v) is 7.87. The number of methoxy groups -OCH3 is 1. The van der Waals surface area contributed by atoms with Gasteiger partial charge in [-0.25, -0.2) is 0 Å².